The normalized spacial score (nSPS) is 10.8. The molecular formula is C17H17N3S. The van der Waals surface area contributed by atoms with Crippen molar-refractivity contribution in [3.05, 3.63) is 54.1 Å². The highest BCUT2D eigenvalue weighted by atomic mass is 32.2. The van der Waals surface area contributed by atoms with E-state index in [2.05, 4.69) is 59.8 Å². The maximum absolute atomic E-state index is 6.09. The van der Waals surface area contributed by atoms with Crippen molar-refractivity contribution in [1.29, 1.82) is 0 Å². The van der Waals surface area contributed by atoms with Gasteiger partial charge in [-0.05, 0) is 36.4 Å². The monoisotopic (exact) mass is 295 g/mol. The van der Waals surface area contributed by atoms with Crippen LogP contribution in [0.5, 0.6) is 0 Å². The minimum Gasteiger partial charge on any atom is -0.382 e. The molecule has 0 aliphatic rings. The summed E-state index contributed by atoms with van der Waals surface area (Å²) < 4.78 is 0. The second kappa shape index (κ2) is 5.66. The summed E-state index contributed by atoms with van der Waals surface area (Å²) in [5, 5.41) is 7.27. The predicted molar refractivity (Wildman–Crippen MR) is 90.4 cm³/mol. The van der Waals surface area contributed by atoms with Crippen LogP contribution in [0.1, 0.15) is 5.56 Å². The number of nitrogens with one attached hydrogen (secondary N) is 1. The molecule has 0 bridgehead atoms. The lowest BCUT2D eigenvalue weighted by Crippen LogP contribution is -1.91. The number of hydrogen-bond donors (Lipinski definition) is 2. The smallest absolute Gasteiger partial charge is 0.153 e. The lowest BCUT2D eigenvalue weighted by atomic mass is 9.97. The first-order chi connectivity index (χ1) is 10.2. The van der Waals surface area contributed by atoms with Gasteiger partial charge in [-0.25, -0.2) is 0 Å². The average molecular weight is 295 g/mol. The summed E-state index contributed by atoms with van der Waals surface area (Å²) in [4.78, 5) is 1.24. The molecule has 4 heteroatoms. The summed E-state index contributed by atoms with van der Waals surface area (Å²) in [5.74, 6) is 0.535. The third-order valence-corrected chi connectivity index (χ3v) is 4.33. The predicted octanol–water partition coefficient (Wildman–Crippen LogP) is 4.36. The first-order valence-corrected chi connectivity index (χ1v) is 7.97. The van der Waals surface area contributed by atoms with Crippen molar-refractivity contribution in [2.45, 2.75) is 11.8 Å². The van der Waals surface area contributed by atoms with Gasteiger partial charge in [0.1, 0.15) is 0 Å². The van der Waals surface area contributed by atoms with Gasteiger partial charge in [-0.15, -0.1) is 11.8 Å². The van der Waals surface area contributed by atoms with E-state index < -0.39 is 0 Å². The van der Waals surface area contributed by atoms with Gasteiger partial charge in [-0.2, -0.15) is 5.10 Å². The Hall–Kier alpha value is -2.20. The number of aryl methyl sites for hydroxylation is 1. The molecule has 0 amide bonds. The molecule has 21 heavy (non-hydrogen) atoms. The van der Waals surface area contributed by atoms with Crippen molar-refractivity contribution in [3.63, 3.8) is 0 Å². The first-order valence-electron chi connectivity index (χ1n) is 6.75. The zero-order valence-electron chi connectivity index (χ0n) is 12.1. The largest absolute Gasteiger partial charge is 0.382 e. The second-order valence-corrected chi connectivity index (χ2v) is 5.78. The molecule has 0 saturated carbocycles. The number of H-pyrrole nitrogens is 1. The number of anilines is 1. The van der Waals surface area contributed by atoms with Crippen LogP contribution in [0.4, 0.5) is 5.82 Å². The van der Waals surface area contributed by atoms with Crippen LogP contribution in [-0.4, -0.2) is 16.5 Å². The molecule has 0 atom stereocenters. The van der Waals surface area contributed by atoms with Crippen molar-refractivity contribution in [2.75, 3.05) is 12.0 Å². The lowest BCUT2D eigenvalue weighted by Gasteiger charge is -2.08. The Bertz CT molecular complexity index is 760. The zero-order chi connectivity index (χ0) is 14.8. The summed E-state index contributed by atoms with van der Waals surface area (Å²) in [7, 11) is 0. The third-order valence-electron chi connectivity index (χ3n) is 3.59. The number of aromatic nitrogens is 2. The number of aromatic amines is 1. The number of nitrogens with zero attached hydrogens (tertiary/aromatic N) is 1. The van der Waals surface area contributed by atoms with Gasteiger partial charge in [0, 0.05) is 10.5 Å². The molecule has 3 aromatic rings. The summed E-state index contributed by atoms with van der Waals surface area (Å²) in [6.45, 7) is 2.09. The molecule has 0 spiro atoms. The van der Waals surface area contributed by atoms with Crippen molar-refractivity contribution in [3.8, 4) is 22.4 Å². The average Bonchev–Trinajstić information content (AvgIpc) is 2.89. The maximum Gasteiger partial charge on any atom is 0.153 e. The van der Waals surface area contributed by atoms with E-state index in [1.165, 1.54) is 10.5 Å². The molecule has 0 fully saturated rings. The molecule has 1 aromatic heterocycles. The quantitative estimate of drug-likeness (QED) is 0.706. The second-order valence-electron chi connectivity index (χ2n) is 4.90. The van der Waals surface area contributed by atoms with E-state index in [1.54, 1.807) is 11.8 Å². The van der Waals surface area contributed by atoms with Gasteiger partial charge in [0.15, 0.2) is 5.82 Å². The Morgan fingerprint density at radius 1 is 1.05 bits per heavy atom. The molecule has 0 radical (unpaired) electrons. The minimum atomic E-state index is 0.535. The first kappa shape index (κ1) is 13.8. The number of hydrogen-bond acceptors (Lipinski definition) is 3. The van der Waals surface area contributed by atoms with Crippen molar-refractivity contribution in [2.24, 2.45) is 0 Å². The zero-order valence-corrected chi connectivity index (χ0v) is 12.9. The standard InChI is InChI=1S/C17H17N3S/c1-11-5-3-4-6-14(11)15-16(19-20-17(15)18)12-7-9-13(21-2)10-8-12/h3-10H,1-2H3,(H3,18,19,20). The van der Waals surface area contributed by atoms with Crippen LogP contribution in [0.15, 0.2) is 53.4 Å². The fraction of sp³-hybridized carbons (Fsp3) is 0.118. The highest BCUT2D eigenvalue weighted by molar-refractivity contribution is 7.98. The van der Waals surface area contributed by atoms with Gasteiger partial charge in [0.2, 0.25) is 0 Å². The molecule has 0 saturated heterocycles. The fourth-order valence-corrected chi connectivity index (χ4v) is 2.86. The van der Waals surface area contributed by atoms with Crippen LogP contribution in [0.25, 0.3) is 22.4 Å². The lowest BCUT2D eigenvalue weighted by molar-refractivity contribution is 1.10. The molecule has 1 heterocycles. The highest BCUT2D eigenvalue weighted by Crippen LogP contribution is 2.36. The van der Waals surface area contributed by atoms with Gasteiger partial charge in [-0.1, -0.05) is 36.4 Å². The molecule has 0 aliphatic carbocycles. The van der Waals surface area contributed by atoms with Crippen LogP contribution < -0.4 is 5.73 Å². The number of benzene rings is 2. The molecule has 3 rings (SSSR count). The Labute approximate surface area is 128 Å². The van der Waals surface area contributed by atoms with Crippen LogP contribution in [0.3, 0.4) is 0 Å². The van der Waals surface area contributed by atoms with Gasteiger partial charge < -0.3 is 5.73 Å². The molecule has 2 aromatic carbocycles. The Morgan fingerprint density at radius 2 is 1.76 bits per heavy atom. The van der Waals surface area contributed by atoms with Gasteiger partial charge in [0.25, 0.3) is 0 Å². The highest BCUT2D eigenvalue weighted by Gasteiger charge is 2.16. The topological polar surface area (TPSA) is 54.7 Å². The molecular weight excluding hydrogens is 278 g/mol. The molecule has 0 aliphatic heterocycles. The van der Waals surface area contributed by atoms with Crippen molar-refractivity contribution in [1.82, 2.24) is 10.2 Å². The van der Waals surface area contributed by atoms with E-state index in [4.69, 9.17) is 5.73 Å². The van der Waals surface area contributed by atoms with Gasteiger partial charge >= 0.3 is 0 Å². The Morgan fingerprint density at radius 3 is 2.43 bits per heavy atom. The number of rotatable bonds is 3. The molecule has 3 N–H and O–H groups in total. The van der Waals surface area contributed by atoms with Crippen molar-refractivity contribution >= 4 is 17.6 Å². The van der Waals surface area contributed by atoms with Gasteiger partial charge in [0.05, 0.1) is 11.3 Å². The number of thioether (sulfide) groups is 1. The fourth-order valence-electron chi connectivity index (χ4n) is 2.45. The van der Waals surface area contributed by atoms with Crippen LogP contribution in [0.2, 0.25) is 0 Å². The SMILES string of the molecule is CSc1ccc(-c2[nH]nc(N)c2-c2ccccc2C)cc1. The van der Waals surface area contributed by atoms with Crippen molar-refractivity contribution < 1.29 is 0 Å². The van der Waals surface area contributed by atoms with Crippen LogP contribution in [-0.2, 0) is 0 Å². The van der Waals surface area contributed by atoms with E-state index in [0.29, 0.717) is 5.82 Å². The maximum atomic E-state index is 6.09. The third kappa shape index (κ3) is 2.54. The molecule has 0 unspecified atom stereocenters. The van der Waals surface area contributed by atoms with E-state index >= 15 is 0 Å². The van der Waals surface area contributed by atoms with E-state index in [1.807, 2.05) is 12.1 Å². The number of nitrogen functional groups attached to an aromatic ring is 1. The summed E-state index contributed by atoms with van der Waals surface area (Å²) in [6.07, 6.45) is 2.07. The Kier molecular flexibility index (Phi) is 3.71. The Balaban J connectivity index is 2.15. The summed E-state index contributed by atoms with van der Waals surface area (Å²) in [6, 6.07) is 16.6. The van der Waals surface area contributed by atoms with E-state index in [9.17, 15) is 0 Å². The molecule has 3 nitrogen and oxygen atoms in total. The van der Waals surface area contributed by atoms with Crippen LogP contribution in [0, 0.1) is 6.92 Å². The van der Waals surface area contributed by atoms with Crippen LogP contribution >= 0.6 is 11.8 Å². The minimum absolute atomic E-state index is 0.535. The van der Waals surface area contributed by atoms with Gasteiger partial charge in [-0.3, -0.25) is 5.10 Å². The summed E-state index contributed by atoms with van der Waals surface area (Å²) in [5.41, 5.74) is 11.4. The summed E-state index contributed by atoms with van der Waals surface area (Å²) >= 11 is 1.73. The van der Waals surface area contributed by atoms with E-state index in [-0.39, 0.29) is 0 Å². The van der Waals surface area contributed by atoms with E-state index in [0.717, 1.165) is 22.4 Å². The number of nitrogens with two attached hydrogens (primary N) is 1. The molecule has 106 valence electrons.